The first-order valence-electron chi connectivity index (χ1n) is 5.67. The van der Waals surface area contributed by atoms with Gasteiger partial charge < -0.3 is 10.6 Å². The third kappa shape index (κ3) is 2.07. The van der Waals surface area contributed by atoms with Gasteiger partial charge in [-0.25, -0.2) is 4.68 Å². The molecule has 0 unspecified atom stereocenters. The van der Waals surface area contributed by atoms with Crippen molar-refractivity contribution in [3.05, 3.63) is 36.4 Å². The lowest BCUT2D eigenvalue weighted by molar-refractivity contribution is 0.102. The van der Waals surface area contributed by atoms with Crippen LogP contribution < -0.4 is 10.6 Å². The zero-order valence-corrected chi connectivity index (χ0v) is 9.58. The van der Waals surface area contributed by atoms with Crippen LogP contribution in [0.4, 0.5) is 5.69 Å². The maximum atomic E-state index is 11.9. The molecule has 0 aromatic carbocycles. The molecule has 0 radical (unpaired) electrons. The van der Waals surface area contributed by atoms with Crippen molar-refractivity contribution < 1.29 is 4.79 Å². The van der Waals surface area contributed by atoms with Crippen LogP contribution in [-0.2, 0) is 0 Å². The maximum Gasteiger partial charge on any atom is 0.277 e. The van der Waals surface area contributed by atoms with Gasteiger partial charge in [-0.1, -0.05) is 5.21 Å². The number of aromatic nitrogens is 4. The summed E-state index contributed by atoms with van der Waals surface area (Å²) in [4.78, 5) is 15.8. The quantitative estimate of drug-likeness (QED) is 0.798. The lowest BCUT2D eigenvalue weighted by atomic mass is 10.2. The lowest BCUT2D eigenvalue weighted by Crippen LogP contribution is -2.43. The molecular formula is C11H12N6O. The van der Waals surface area contributed by atoms with Crippen molar-refractivity contribution in [3.63, 3.8) is 0 Å². The molecule has 1 fully saturated rings. The van der Waals surface area contributed by atoms with E-state index in [4.69, 9.17) is 0 Å². The van der Waals surface area contributed by atoms with Crippen LogP contribution in [0.15, 0.2) is 30.7 Å². The molecule has 3 heterocycles. The predicted molar refractivity (Wildman–Crippen MR) is 64.1 cm³/mol. The fraction of sp³-hybridized carbons (Fsp3) is 0.273. The highest BCUT2D eigenvalue weighted by Crippen LogP contribution is 2.11. The van der Waals surface area contributed by atoms with Gasteiger partial charge in [0.15, 0.2) is 5.69 Å². The first-order valence-corrected chi connectivity index (χ1v) is 5.67. The minimum Gasteiger partial charge on any atom is -0.320 e. The number of hydrogen-bond acceptors (Lipinski definition) is 5. The number of nitrogens with zero attached hydrogens (tertiary/aromatic N) is 4. The summed E-state index contributed by atoms with van der Waals surface area (Å²) in [5.74, 6) is -0.264. The molecule has 1 amide bonds. The van der Waals surface area contributed by atoms with Gasteiger partial charge in [-0.05, 0) is 12.1 Å². The van der Waals surface area contributed by atoms with E-state index >= 15 is 0 Å². The summed E-state index contributed by atoms with van der Waals surface area (Å²) < 4.78 is 1.72. The molecule has 18 heavy (non-hydrogen) atoms. The van der Waals surface area contributed by atoms with E-state index in [0.29, 0.717) is 17.4 Å². The van der Waals surface area contributed by atoms with Crippen molar-refractivity contribution >= 4 is 11.6 Å². The van der Waals surface area contributed by atoms with Crippen molar-refractivity contribution in [1.82, 2.24) is 25.3 Å². The third-order valence-corrected chi connectivity index (χ3v) is 2.82. The SMILES string of the molecule is O=C(Nc1ccncc1)c1cn(C2CNC2)nn1. The summed E-state index contributed by atoms with van der Waals surface area (Å²) in [5, 5.41) is 13.7. The van der Waals surface area contributed by atoms with Gasteiger partial charge in [0.05, 0.1) is 12.2 Å². The van der Waals surface area contributed by atoms with Gasteiger partial charge in [0.25, 0.3) is 5.91 Å². The first kappa shape index (κ1) is 10.8. The number of pyridine rings is 1. The second-order valence-electron chi connectivity index (χ2n) is 4.09. The fourth-order valence-electron chi connectivity index (χ4n) is 1.65. The van der Waals surface area contributed by atoms with Crippen LogP contribution in [0.25, 0.3) is 0 Å². The van der Waals surface area contributed by atoms with Gasteiger partial charge in [-0.15, -0.1) is 5.10 Å². The summed E-state index contributed by atoms with van der Waals surface area (Å²) in [6.07, 6.45) is 4.90. The van der Waals surface area contributed by atoms with Gasteiger partial charge in [0, 0.05) is 31.2 Å². The van der Waals surface area contributed by atoms with Crippen molar-refractivity contribution in [2.45, 2.75) is 6.04 Å². The van der Waals surface area contributed by atoms with Crippen LogP contribution in [0.1, 0.15) is 16.5 Å². The highest BCUT2D eigenvalue weighted by molar-refractivity contribution is 6.02. The number of rotatable bonds is 3. The average molecular weight is 244 g/mol. The third-order valence-electron chi connectivity index (χ3n) is 2.82. The molecule has 1 saturated heterocycles. The van der Waals surface area contributed by atoms with Crippen LogP contribution in [0.5, 0.6) is 0 Å². The van der Waals surface area contributed by atoms with E-state index < -0.39 is 0 Å². The standard InChI is InChI=1S/C11H12N6O/c18-11(14-8-1-3-12-4-2-8)10-7-17(16-15-10)9-5-13-6-9/h1-4,7,9,13H,5-6H2,(H,12,14,18). The van der Waals surface area contributed by atoms with E-state index in [0.717, 1.165) is 13.1 Å². The van der Waals surface area contributed by atoms with Crippen molar-refractivity contribution in [1.29, 1.82) is 0 Å². The Morgan fingerprint density at radius 1 is 1.39 bits per heavy atom. The summed E-state index contributed by atoms with van der Waals surface area (Å²) in [6, 6.07) is 3.75. The highest BCUT2D eigenvalue weighted by atomic mass is 16.2. The number of amides is 1. The Hall–Kier alpha value is -2.28. The minimum atomic E-state index is -0.264. The molecule has 0 aliphatic carbocycles. The molecular weight excluding hydrogens is 232 g/mol. The molecule has 0 atom stereocenters. The van der Waals surface area contributed by atoms with E-state index in [1.165, 1.54) is 0 Å². The van der Waals surface area contributed by atoms with Crippen LogP contribution in [0.2, 0.25) is 0 Å². The summed E-state index contributed by atoms with van der Waals surface area (Å²) >= 11 is 0. The zero-order chi connectivity index (χ0) is 12.4. The Morgan fingerprint density at radius 2 is 2.17 bits per heavy atom. The number of carbonyl (C=O) groups excluding carboxylic acids is 1. The Labute approximate surface area is 103 Å². The lowest BCUT2D eigenvalue weighted by Gasteiger charge is -2.26. The monoisotopic (exact) mass is 244 g/mol. The molecule has 3 rings (SSSR count). The highest BCUT2D eigenvalue weighted by Gasteiger charge is 2.21. The second-order valence-corrected chi connectivity index (χ2v) is 4.09. The number of anilines is 1. The molecule has 1 aliphatic rings. The van der Waals surface area contributed by atoms with Crippen LogP contribution in [0.3, 0.4) is 0 Å². The average Bonchev–Trinajstić information content (AvgIpc) is 2.77. The van der Waals surface area contributed by atoms with Gasteiger partial charge in [-0.2, -0.15) is 0 Å². The van der Waals surface area contributed by atoms with E-state index in [1.807, 2.05) is 0 Å². The van der Waals surface area contributed by atoms with Crippen LogP contribution in [-0.4, -0.2) is 39.0 Å². The smallest absolute Gasteiger partial charge is 0.277 e. The van der Waals surface area contributed by atoms with Gasteiger partial charge in [0.1, 0.15) is 0 Å². The Bertz CT molecular complexity index is 548. The zero-order valence-electron chi connectivity index (χ0n) is 9.58. The topological polar surface area (TPSA) is 84.7 Å². The molecule has 0 spiro atoms. The molecule has 7 nitrogen and oxygen atoms in total. The molecule has 2 aromatic rings. The van der Waals surface area contributed by atoms with Gasteiger partial charge >= 0.3 is 0 Å². The molecule has 2 N–H and O–H groups in total. The van der Waals surface area contributed by atoms with E-state index in [1.54, 1.807) is 35.4 Å². The molecule has 0 bridgehead atoms. The molecule has 0 saturated carbocycles. The summed E-state index contributed by atoms with van der Waals surface area (Å²) in [7, 11) is 0. The number of hydrogen-bond donors (Lipinski definition) is 2. The number of carbonyl (C=O) groups is 1. The Balaban J connectivity index is 1.70. The second kappa shape index (κ2) is 4.53. The molecule has 2 aromatic heterocycles. The van der Waals surface area contributed by atoms with E-state index in [-0.39, 0.29) is 5.91 Å². The van der Waals surface area contributed by atoms with E-state index in [9.17, 15) is 4.79 Å². The Morgan fingerprint density at radius 3 is 2.83 bits per heavy atom. The fourth-order valence-corrected chi connectivity index (χ4v) is 1.65. The normalized spacial score (nSPS) is 15.1. The van der Waals surface area contributed by atoms with Crippen LogP contribution >= 0.6 is 0 Å². The van der Waals surface area contributed by atoms with E-state index in [2.05, 4.69) is 25.9 Å². The summed E-state index contributed by atoms with van der Waals surface area (Å²) in [5.41, 5.74) is 1.01. The predicted octanol–water partition coefficient (Wildman–Crippen LogP) is 0.0697. The molecule has 92 valence electrons. The first-order chi connectivity index (χ1) is 8.83. The summed E-state index contributed by atoms with van der Waals surface area (Å²) in [6.45, 7) is 1.74. The van der Waals surface area contributed by atoms with Gasteiger partial charge in [0.2, 0.25) is 0 Å². The number of nitrogens with one attached hydrogen (secondary N) is 2. The van der Waals surface area contributed by atoms with Gasteiger partial charge in [-0.3, -0.25) is 9.78 Å². The minimum absolute atomic E-state index is 0.264. The van der Waals surface area contributed by atoms with Crippen molar-refractivity contribution in [2.24, 2.45) is 0 Å². The maximum absolute atomic E-state index is 11.9. The largest absolute Gasteiger partial charge is 0.320 e. The Kier molecular flexibility index (Phi) is 2.73. The molecule has 7 heteroatoms. The van der Waals surface area contributed by atoms with Crippen molar-refractivity contribution in [3.8, 4) is 0 Å². The van der Waals surface area contributed by atoms with Crippen LogP contribution in [0, 0.1) is 0 Å². The molecule has 1 aliphatic heterocycles. The van der Waals surface area contributed by atoms with Crippen molar-refractivity contribution in [2.75, 3.05) is 18.4 Å².